The summed E-state index contributed by atoms with van der Waals surface area (Å²) in [4.78, 5) is 7.04. The molecule has 0 amide bonds. The Kier molecular flexibility index (Phi) is 9.77. The van der Waals surface area contributed by atoms with Crippen LogP contribution in [0.1, 0.15) is 31.7 Å². The highest BCUT2D eigenvalue weighted by Gasteiger charge is 2.15. The number of para-hydroxylation sites is 1. The zero-order valence-electron chi connectivity index (χ0n) is 16.9. The zero-order chi connectivity index (χ0) is 18.9. The number of halogens is 1. The van der Waals surface area contributed by atoms with Crippen LogP contribution >= 0.6 is 24.0 Å². The van der Waals surface area contributed by atoms with Crippen molar-refractivity contribution in [1.82, 2.24) is 20.0 Å². The van der Waals surface area contributed by atoms with Gasteiger partial charge >= 0.3 is 0 Å². The average molecular weight is 497 g/mol. The number of aromatic nitrogens is 2. The van der Waals surface area contributed by atoms with Crippen LogP contribution in [0.5, 0.6) is 0 Å². The second-order valence-electron chi connectivity index (χ2n) is 7.06. The van der Waals surface area contributed by atoms with E-state index in [1.165, 1.54) is 19.3 Å². The Bertz CT molecular complexity index is 713. The van der Waals surface area contributed by atoms with E-state index in [4.69, 9.17) is 9.73 Å². The van der Waals surface area contributed by atoms with Crippen LogP contribution in [0.25, 0.3) is 5.69 Å². The number of guanidine groups is 1. The maximum atomic E-state index is 5.46. The van der Waals surface area contributed by atoms with Crippen molar-refractivity contribution in [1.29, 1.82) is 0 Å². The van der Waals surface area contributed by atoms with Gasteiger partial charge in [0.2, 0.25) is 0 Å². The number of hydrogen-bond donors (Lipinski definition) is 1. The SMILES string of the molecule is CCNC(=NCc1cnn(-c2ccccc2)c1)N(C)CCC1CCOCC1.I. The molecule has 28 heavy (non-hydrogen) atoms. The maximum absolute atomic E-state index is 5.46. The van der Waals surface area contributed by atoms with Crippen molar-refractivity contribution in [3.63, 3.8) is 0 Å². The number of nitrogens with zero attached hydrogens (tertiary/aromatic N) is 4. The summed E-state index contributed by atoms with van der Waals surface area (Å²) in [6.07, 6.45) is 7.49. The van der Waals surface area contributed by atoms with Crippen LogP contribution < -0.4 is 5.32 Å². The predicted molar refractivity (Wildman–Crippen MR) is 125 cm³/mol. The molecule has 1 aromatic heterocycles. The molecule has 1 aromatic carbocycles. The van der Waals surface area contributed by atoms with E-state index in [0.29, 0.717) is 6.54 Å². The van der Waals surface area contributed by atoms with Gasteiger partial charge in [0, 0.05) is 45.1 Å². The molecule has 2 heterocycles. The fourth-order valence-corrected chi connectivity index (χ4v) is 3.32. The third-order valence-electron chi connectivity index (χ3n) is 4.98. The van der Waals surface area contributed by atoms with Crippen molar-refractivity contribution in [3.05, 3.63) is 48.3 Å². The predicted octanol–water partition coefficient (Wildman–Crippen LogP) is 3.70. The molecule has 0 bridgehead atoms. The van der Waals surface area contributed by atoms with Gasteiger partial charge in [-0.25, -0.2) is 9.67 Å². The molecule has 1 aliphatic rings. The van der Waals surface area contributed by atoms with Crippen LogP contribution in [0.4, 0.5) is 0 Å². The lowest BCUT2D eigenvalue weighted by Crippen LogP contribution is -2.40. The van der Waals surface area contributed by atoms with Gasteiger partial charge < -0.3 is 15.0 Å². The monoisotopic (exact) mass is 497 g/mol. The number of aliphatic imine (C=N–C) groups is 1. The number of ether oxygens (including phenoxy) is 1. The Morgan fingerprint density at radius 2 is 2.04 bits per heavy atom. The molecule has 0 atom stereocenters. The molecule has 1 fully saturated rings. The largest absolute Gasteiger partial charge is 0.381 e. The van der Waals surface area contributed by atoms with Gasteiger partial charge in [0.15, 0.2) is 5.96 Å². The normalized spacial score (nSPS) is 15.1. The Hall–Kier alpha value is -1.61. The summed E-state index contributed by atoms with van der Waals surface area (Å²) in [6.45, 7) is 6.43. The van der Waals surface area contributed by atoms with Crippen molar-refractivity contribution in [2.45, 2.75) is 32.7 Å². The van der Waals surface area contributed by atoms with E-state index in [-0.39, 0.29) is 24.0 Å². The second kappa shape index (κ2) is 12.1. The smallest absolute Gasteiger partial charge is 0.193 e. The number of hydrogen-bond acceptors (Lipinski definition) is 3. The number of nitrogens with one attached hydrogen (secondary N) is 1. The lowest BCUT2D eigenvalue weighted by molar-refractivity contribution is 0.0625. The van der Waals surface area contributed by atoms with E-state index in [0.717, 1.165) is 49.4 Å². The molecule has 0 unspecified atom stereocenters. The van der Waals surface area contributed by atoms with Crippen LogP contribution in [0.15, 0.2) is 47.7 Å². The fourth-order valence-electron chi connectivity index (χ4n) is 3.32. The zero-order valence-corrected chi connectivity index (χ0v) is 19.2. The van der Waals surface area contributed by atoms with E-state index in [9.17, 15) is 0 Å². The minimum absolute atomic E-state index is 0. The molecule has 1 aliphatic heterocycles. The lowest BCUT2D eigenvalue weighted by Gasteiger charge is -2.26. The molecule has 7 heteroatoms. The highest BCUT2D eigenvalue weighted by atomic mass is 127. The van der Waals surface area contributed by atoms with Crippen molar-refractivity contribution in [3.8, 4) is 5.69 Å². The van der Waals surface area contributed by atoms with E-state index in [2.05, 4.69) is 29.3 Å². The molecular formula is C21H32IN5O. The number of benzene rings is 1. The standard InChI is InChI=1S/C21H31N5O.HI/c1-3-22-21(25(2)12-9-18-10-13-27-14-11-18)23-15-19-16-24-26(17-19)20-7-5-4-6-8-20;/h4-8,16-18H,3,9-15H2,1-2H3,(H,22,23);1H. The van der Waals surface area contributed by atoms with Crippen molar-refractivity contribution in [2.75, 3.05) is 33.4 Å². The maximum Gasteiger partial charge on any atom is 0.193 e. The molecule has 2 aromatic rings. The van der Waals surface area contributed by atoms with Gasteiger partial charge in [-0.15, -0.1) is 24.0 Å². The summed E-state index contributed by atoms with van der Waals surface area (Å²) in [5, 5.41) is 7.86. The molecular weight excluding hydrogens is 465 g/mol. The third-order valence-corrected chi connectivity index (χ3v) is 4.98. The highest BCUT2D eigenvalue weighted by Crippen LogP contribution is 2.18. The topological polar surface area (TPSA) is 54.7 Å². The first-order valence-corrected chi connectivity index (χ1v) is 9.92. The Morgan fingerprint density at radius 1 is 1.29 bits per heavy atom. The molecule has 0 spiro atoms. The van der Waals surface area contributed by atoms with Crippen molar-refractivity contribution in [2.24, 2.45) is 10.9 Å². The van der Waals surface area contributed by atoms with Gasteiger partial charge in [0.25, 0.3) is 0 Å². The van der Waals surface area contributed by atoms with Crippen molar-refractivity contribution >= 4 is 29.9 Å². The Labute approximate surface area is 185 Å². The summed E-state index contributed by atoms with van der Waals surface area (Å²) >= 11 is 0. The average Bonchev–Trinajstić information content (AvgIpc) is 3.20. The molecule has 6 nitrogen and oxygen atoms in total. The van der Waals surface area contributed by atoms with E-state index in [1.54, 1.807) is 0 Å². The first-order chi connectivity index (χ1) is 13.3. The van der Waals surface area contributed by atoms with Crippen LogP contribution in [-0.2, 0) is 11.3 Å². The summed E-state index contributed by atoms with van der Waals surface area (Å²) in [5.41, 5.74) is 2.17. The van der Waals surface area contributed by atoms with Gasteiger partial charge in [0.1, 0.15) is 0 Å². The molecule has 154 valence electrons. The first-order valence-electron chi connectivity index (χ1n) is 9.92. The quantitative estimate of drug-likeness (QED) is 0.360. The van der Waals surface area contributed by atoms with Crippen molar-refractivity contribution < 1.29 is 4.74 Å². The summed E-state index contributed by atoms with van der Waals surface area (Å²) in [6, 6.07) is 10.1. The van der Waals surface area contributed by atoms with Gasteiger partial charge in [-0.1, -0.05) is 18.2 Å². The van der Waals surface area contributed by atoms with Gasteiger partial charge in [-0.3, -0.25) is 0 Å². The molecule has 1 saturated heterocycles. The summed E-state index contributed by atoms with van der Waals surface area (Å²) in [7, 11) is 2.12. The third kappa shape index (κ3) is 6.77. The Balaban J connectivity index is 0.00000280. The van der Waals surface area contributed by atoms with Gasteiger partial charge in [-0.05, 0) is 44.2 Å². The van der Waals surface area contributed by atoms with E-state index >= 15 is 0 Å². The van der Waals surface area contributed by atoms with Crippen LogP contribution in [0, 0.1) is 5.92 Å². The molecule has 0 aliphatic carbocycles. The molecule has 0 radical (unpaired) electrons. The van der Waals surface area contributed by atoms with Gasteiger partial charge in [0.05, 0.1) is 18.4 Å². The summed E-state index contributed by atoms with van der Waals surface area (Å²) in [5.74, 6) is 1.73. The number of rotatable bonds is 7. The van der Waals surface area contributed by atoms with Crippen LogP contribution in [-0.4, -0.2) is 54.0 Å². The molecule has 3 rings (SSSR count). The lowest BCUT2D eigenvalue weighted by atomic mass is 9.96. The van der Waals surface area contributed by atoms with E-state index in [1.807, 2.05) is 47.4 Å². The minimum atomic E-state index is 0. The summed E-state index contributed by atoms with van der Waals surface area (Å²) < 4.78 is 7.35. The van der Waals surface area contributed by atoms with E-state index < -0.39 is 0 Å². The Morgan fingerprint density at radius 3 is 2.75 bits per heavy atom. The minimum Gasteiger partial charge on any atom is -0.381 e. The fraction of sp³-hybridized carbons (Fsp3) is 0.524. The van der Waals surface area contributed by atoms with Gasteiger partial charge in [-0.2, -0.15) is 5.10 Å². The highest BCUT2D eigenvalue weighted by molar-refractivity contribution is 14.0. The second-order valence-corrected chi connectivity index (χ2v) is 7.06. The first kappa shape index (κ1) is 22.7. The molecule has 0 saturated carbocycles. The molecule has 1 N–H and O–H groups in total. The van der Waals surface area contributed by atoms with Crippen LogP contribution in [0.3, 0.4) is 0 Å². The van der Waals surface area contributed by atoms with Crippen LogP contribution in [0.2, 0.25) is 0 Å².